The Bertz CT molecular complexity index is 593. The average molecular weight is 361 g/mol. The van der Waals surface area contributed by atoms with Crippen LogP contribution >= 0.6 is 23.2 Å². The van der Waals surface area contributed by atoms with E-state index in [0.29, 0.717) is 5.02 Å². The molecule has 2 N–H and O–H groups in total. The van der Waals surface area contributed by atoms with E-state index in [1.807, 2.05) is 13.8 Å². The molecule has 0 saturated carbocycles. The molecule has 0 bridgehead atoms. The first kappa shape index (κ1) is 19.3. The first-order chi connectivity index (χ1) is 10.8. The third-order valence-electron chi connectivity index (χ3n) is 2.95. The van der Waals surface area contributed by atoms with Crippen molar-refractivity contribution in [2.75, 3.05) is 13.2 Å². The highest BCUT2D eigenvalue weighted by Crippen LogP contribution is 2.20. The summed E-state index contributed by atoms with van der Waals surface area (Å²) in [7, 11) is 0. The Kier molecular flexibility index (Phi) is 7.85. The number of hydrogen-bond acceptors (Lipinski definition) is 4. The quantitative estimate of drug-likeness (QED) is 0.729. The van der Waals surface area contributed by atoms with Gasteiger partial charge in [0, 0.05) is 11.1 Å². The minimum atomic E-state index is -0.720. The van der Waals surface area contributed by atoms with Crippen molar-refractivity contribution >= 4 is 41.0 Å². The average Bonchev–Trinajstić information content (AvgIpc) is 2.50. The minimum Gasteiger partial charge on any atom is -0.454 e. The highest BCUT2D eigenvalue weighted by atomic mass is 35.5. The van der Waals surface area contributed by atoms with Crippen LogP contribution < -0.4 is 10.6 Å². The maximum atomic E-state index is 11.9. The van der Waals surface area contributed by atoms with Crippen LogP contribution in [0, 0.1) is 0 Å². The Balaban J connectivity index is 2.38. The van der Waals surface area contributed by atoms with E-state index in [2.05, 4.69) is 10.6 Å². The second-order valence-electron chi connectivity index (χ2n) is 4.84. The highest BCUT2D eigenvalue weighted by Gasteiger charge is 2.14. The van der Waals surface area contributed by atoms with Crippen molar-refractivity contribution in [2.45, 2.75) is 26.3 Å². The molecule has 1 aromatic rings. The van der Waals surface area contributed by atoms with Crippen LogP contribution in [0.15, 0.2) is 18.2 Å². The molecule has 1 rings (SSSR count). The topological polar surface area (TPSA) is 84.5 Å². The fourth-order valence-electron chi connectivity index (χ4n) is 1.54. The molecule has 1 aromatic carbocycles. The maximum Gasteiger partial charge on any atom is 0.325 e. The first-order valence-corrected chi connectivity index (χ1v) is 7.77. The number of nitrogens with one attached hydrogen (secondary N) is 2. The lowest BCUT2D eigenvalue weighted by Gasteiger charge is -2.11. The van der Waals surface area contributed by atoms with Gasteiger partial charge in [0.15, 0.2) is 6.61 Å². The van der Waals surface area contributed by atoms with Gasteiger partial charge < -0.3 is 15.4 Å². The second kappa shape index (κ2) is 9.37. The normalized spacial score (nSPS) is 11.5. The zero-order valence-corrected chi connectivity index (χ0v) is 14.3. The largest absolute Gasteiger partial charge is 0.454 e. The van der Waals surface area contributed by atoms with Gasteiger partial charge in [0.2, 0.25) is 0 Å². The number of carbonyl (C=O) groups is 3. The zero-order valence-electron chi connectivity index (χ0n) is 12.8. The van der Waals surface area contributed by atoms with Crippen molar-refractivity contribution < 1.29 is 19.1 Å². The predicted octanol–water partition coefficient (Wildman–Crippen LogP) is 2.18. The van der Waals surface area contributed by atoms with E-state index in [9.17, 15) is 14.4 Å². The van der Waals surface area contributed by atoms with Gasteiger partial charge in [0.1, 0.15) is 6.54 Å². The number of benzene rings is 1. The van der Waals surface area contributed by atoms with Crippen molar-refractivity contribution in [2.24, 2.45) is 0 Å². The van der Waals surface area contributed by atoms with Crippen molar-refractivity contribution in [3.05, 3.63) is 33.8 Å². The number of rotatable bonds is 7. The molecule has 8 heteroatoms. The van der Waals surface area contributed by atoms with Crippen LogP contribution in [-0.4, -0.2) is 37.0 Å². The molecule has 0 heterocycles. The fraction of sp³-hybridized carbons (Fsp3) is 0.400. The molecule has 1 atom stereocenters. The molecule has 0 fully saturated rings. The van der Waals surface area contributed by atoms with E-state index in [0.717, 1.165) is 6.42 Å². The summed E-state index contributed by atoms with van der Waals surface area (Å²) in [6.07, 6.45) is 0.775. The zero-order chi connectivity index (χ0) is 17.4. The van der Waals surface area contributed by atoms with Gasteiger partial charge >= 0.3 is 5.97 Å². The van der Waals surface area contributed by atoms with Crippen LogP contribution in [0.3, 0.4) is 0 Å². The predicted molar refractivity (Wildman–Crippen MR) is 87.6 cm³/mol. The summed E-state index contributed by atoms with van der Waals surface area (Å²) in [5.41, 5.74) is 0.193. The van der Waals surface area contributed by atoms with Crippen molar-refractivity contribution in [1.82, 2.24) is 10.6 Å². The van der Waals surface area contributed by atoms with Crippen LogP contribution in [-0.2, 0) is 14.3 Å². The third kappa shape index (κ3) is 6.88. The van der Waals surface area contributed by atoms with Crippen LogP contribution in [0.2, 0.25) is 10.0 Å². The highest BCUT2D eigenvalue weighted by molar-refractivity contribution is 6.36. The van der Waals surface area contributed by atoms with Gasteiger partial charge in [-0.1, -0.05) is 30.1 Å². The summed E-state index contributed by atoms with van der Waals surface area (Å²) in [5.74, 6) is -1.64. The Hall–Kier alpha value is -1.79. The second-order valence-corrected chi connectivity index (χ2v) is 5.69. The lowest BCUT2D eigenvalue weighted by Crippen LogP contribution is -2.37. The summed E-state index contributed by atoms with van der Waals surface area (Å²) < 4.78 is 4.77. The maximum absolute atomic E-state index is 11.9. The molecule has 1 unspecified atom stereocenters. The molecule has 0 saturated heterocycles. The van der Waals surface area contributed by atoms with E-state index in [1.165, 1.54) is 18.2 Å². The molecule has 126 valence electrons. The molecule has 0 aliphatic carbocycles. The van der Waals surface area contributed by atoms with Gasteiger partial charge in [0.25, 0.3) is 11.8 Å². The number of amides is 2. The van der Waals surface area contributed by atoms with Crippen LogP contribution in [0.4, 0.5) is 0 Å². The summed E-state index contributed by atoms with van der Waals surface area (Å²) in [4.78, 5) is 34.8. The van der Waals surface area contributed by atoms with Crippen molar-refractivity contribution in [3.8, 4) is 0 Å². The fourth-order valence-corrected chi connectivity index (χ4v) is 2.03. The summed E-state index contributed by atoms with van der Waals surface area (Å²) >= 11 is 11.6. The molecule has 0 aliphatic rings. The summed E-state index contributed by atoms with van der Waals surface area (Å²) in [6.45, 7) is 3.01. The Morgan fingerprint density at radius 1 is 1.26 bits per heavy atom. The molecule has 2 amide bonds. The SMILES string of the molecule is CCC(C)NC(=O)COC(=O)CNC(=O)c1ccc(Cl)cc1Cl. The Morgan fingerprint density at radius 3 is 2.57 bits per heavy atom. The van der Waals surface area contributed by atoms with Gasteiger partial charge in [-0.05, 0) is 31.5 Å². The Labute approximate surface area is 144 Å². The molecule has 0 spiro atoms. The van der Waals surface area contributed by atoms with E-state index in [-0.39, 0.29) is 35.7 Å². The first-order valence-electron chi connectivity index (χ1n) is 7.01. The van der Waals surface area contributed by atoms with Crippen LogP contribution in [0.5, 0.6) is 0 Å². The molecule has 0 aromatic heterocycles. The van der Waals surface area contributed by atoms with Crippen molar-refractivity contribution in [3.63, 3.8) is 0 Å². The number of carbonyl (C=O) groups excluding carboxylic acids is 3. The number of ether oxygens (including phenoxy) is 1. The summed E-state index contributed by atoms with van der Waals surface area (Å²) in [5, 5.41) is 5.60. The van der Waals surface area contributed by atoms with E-state index >= 15 is 0 Å². The number of esters is 1. The van der Waals surface area contributed by atoms with Crippen molar-refractivity contribution in [1.29, 1.82) is 0 Å². The van der Waals surface area contributed by atoms with Crippen LogP contribution in [0.1, 0.15) is 30.6 Å². The minimum absolute atomic E-state index is 0.00736. The third-order valence-corrected chi connectivity index (χ3v) is 3.50. The number of hydrogen-bond donors (Lipinski definition) is 2. The smallest absolute Gasteiger partial charge is 0.325 e. The van der Waals surface area contributed by atoms with E-state index in [1.54, 1.807) is 0 Å². The van der Waals surface area contributed by atoms with E-state index < -0.39 is 11.9 Å². The standard InChI is InChI=1S/C15H18Cl2N2O4/c1-3-9(2)19-13(20)8-23-14(21)7-18-15(22)11-5-4-10(16)6-12(11)17/h4-6,9H,3,7-8H2,1-2H3,(H,18,22)(H,19,20). The van der Waals surface area contributed by atoms with E-state index in [4.69, 9.17) is 27.9 Å². The van der Waals surface area contributed by atoms with Gasteiger partial charge in [-0.15, -0.1) is 0 Å². The van der Waals surface area contributed by atoms with Gasteiger partial charge in [0.05, 0.1) is 10.6 Å². The molecular formula is C15H18Cl2N2O4. The van der Waals surface area contributed by atoms with Gasteiger partial charge in [-0.3, -0.25) is 14.4 Å². The molecule has 6 nitrogen and oxygen atoms in total. The van der Waals surface area contributed by atoms with Crippen LogP contribution in [0.25, 0.3) is 0 Å². The molecular weight excluding hydrogens is 343 g/mol. The lowest BCUT2D eigenvalue weighted by atomic mass is 10.2. The summed E-state index contributed by atoms with van der Waals surface area (Å²) in [6, 6.07) is 4.40. The van der Waals surface area contributed by atoms with Gasteiger partial charge in [-0.2, -0.15) is 0 Å². The van der Waals surface area contributed by atoms with Gasteiger partial charge in [-0.25, -0.2) is 0 Å². The Morgan fingerprint density at radius 2 is 1.96 bits per heavy atom. The number of halogens is 2. The lowest BCUT2D eigenvalue weighted by molar-refractivity contribution is -0.147. The molecule has 0 aliphatic heterocycles. The molecule has 0 radical (unpaired) electrons. The molecule has 23 heavy (non-hydrogen) atoms. The monoisotopic (exact) mass is 360 g/mol.